The minimum absolute atomic E-state index is 0.708. The standard InChI is InChI=1S/C18H26N2O/c1-3-9-20-10-5-6-15(20)11-14-13-19-18-8-7-16(21-4-2)12-17(14)18/h7-8,12-13,15,19H,3-6,9-11H2,1-2H3. The summed E-state index contributed by atoms with van der Waals surface area (Å²) in [4.78, 5) is 6.06. The van der Waals surface area contributed by atoms with Gasteiger partial charge in [-0.15, -0.1) is 0 Å². The van der Waals surface area contributed by atoms with E-state index in [1.165, 1.54) is 48.8 Å². The number of hydrogen-bond acceptors (Lipinski definition) is 2. The summed E-state index contributed by atoms with van der Waals surface area (Å²) >= 11 is 0. The second kappa shape index (κ2) is 6.52. The first kappa shape index (κ1) is 14.5. The van der Waals surface area contributed by atoms with E-state index >= 15 is 0 Å². The van der Waals surface area contributed by atoms with Gasteiger partial charge in [0, 0.05) is 23.1 Å². The van der Waals surface area contributed by atoms with Crippen molar-refractivity contribution in [2.75, 3.05) is 19.7 Å². The molecule has 114 valence electrons. The number of nitrogens with zero attached hydrogens (tertiary/aromatic N) is 1. The minimum atomic E-state index is 0.708. The van der Waals surface area contributed by atoms with Crippen LogP contribution >= 0.6 is 0 Å². The first-order valence-electron chi connectivity index (χ1n) is 8.28. The molecular weight excluding hydrogens is 260 g/mol. The van der Waals surface area contributed by atoms with Gasteiger partial charge in [0.25, 0.3) is 0 Å². The summed E-state index contributed by atoms with van der Waals surface area (Å²) in [6.07, 6.45) is 7.26. The van der Waals surface area contributed by atoms with Crippen molar-refractivity contribution < 1.29 is 4.74 Å². The maximum absolute atomic E-state index is 5.64. The molecular formula is C18H26N2O. The third kappa shape index (κ3) is 3.08. The van der Waals surface area contributed by atoms with Crippen LogP contribution in [-0.4, -0.2) is 35.6 Å². The summed E-state index contributed by atoms with van der Waals surface area (Å²) in [5.74, 6) is 0.975. The van der Waals surface area contributed by atoms with E-state index in [4.69, 9.17) is 4.74 Å². The summed E-state index contributed by atoms with van der Waals surface area (Å²) in [5, 5.41) is 1.32. The van der Waals surface area contributed by atoms with E-state index in [2.05, 4.69) is 35.1 Å². The molecule has 1 aromatic heterocycles. The van der Waals surface area contributed by atoms with E-state index in [1.807, 2.05) is 13.0 Å². The zero-order chi connectivity index (χ0) is 14.7. The molecule has 1 aliphatic heterocycles. The zero-order valence-electron chi connectivity index (χ0n) is 13.2. The highest BCUT2D eigenvalue weighted by Gasteiger charge is 2.24. The van der Waals surface area contributed by atoms with Crippen LogP contribution in [0.4, 0.5) is 0 Å². The first-order valence-corrected chi connectivity index (χ1v) is 8.28. The molecule has 3 rings (SSSR count). The van der Waals surface area contributed by atoms with Crippen LogP contribution in [0.25, 0.3) is 10.9 Å². The third-order valence-corrected chi connectivity index (χ3v) is 4.52. The Morgan fingerprint density at radius 2 is 2.24 bits per heavy atom. The zero-order valence-corrected chi connectivity index (χ0v) is 13.2. The SMILES string of the molecule is CCCN1CCCC1Cc1c[nH]c2ccc(OCC)cc12. The summed E-state index contributed by atoms with van der Waals surface area (Å²) < 4.78 is 5.64. The molecule has 0 bridgehead atoms. The second-order valence-electron chi connectivity index (χ2n) is 5.99. The molecule has 0 amide bonds. The Bertz CT molecular complexity index is 590. The number of ether oxygens (including phenoxy) is 1. The van der Waals surface area contributed by atoms with Gasteiger partial charge in [-0.1, -0.05) is 6.92 Å². The van der Waals surface area contributed by atoms with E-state index < -0.39 is 0 Å². The lowest BCUT2D eigenvalue weighted by molar-refractivity contribution is 0.253. The van der Waals surface area contributed by atoms with Gasteiger partial charge in [0.1, 0.15) is 5.75 Å². The number of hydrogen-bond donors (Lipinski definition) is 1. The maximum atomic E-state index is 5.64. The van der Waals surface area contributed by atoms with Crippen LogP contribution in [0, 0.1) is 0 Å². The van der Waals surface area contributed by atoms with Gasteiger partial charge in [0.15, 0.2) is 0 Å². The molecule has 1 N–H and O–H groups in total. The van der Waals surface area contributed by atoms with Crippen LogP contribution in [0.15, 0.2) is 24.4 Å². The molecule has 2 aromatic rings. The molecule has 1 aromatic carbocycles. The van der Waals surface area contributed by atoms with E-state index in [-0.39, 0.29) is 0 Å². The van der Waals surface area contributed by atoms with Crippen LogP contribution < -0.4 is 4.74 Å². The minimum Gasteiger partial charge on any atom is -0.494 e. The predicted molar refractivity (Wildman–Crippen MR) is 88.1 cm³/mol. The molecule has 0 radical (unpaired) electrons. The Kier molecular flexibility index (Phi) is 4.49. The van der Waals surface area contributed by atoms with Crippen LogP contribution in [0.1, 0.15) is 38.7 Å². The van der Waals surface area contributed by atoms with Crippen molar-refractivity contribution in [2.24, 2.45) is 0 Å². The summed E-state index contributed by atoms with van der Waals surface area (Å²) in [6, 6.07) is 7.07. The predicted octanol–water partition coefficient (Wildman–Crippen LogP) is 3.98. The van der Waals surface area contributed by atoms with E-state index in [0.717, 1.165) is 18.8 Å². The van der Waals surface area contributed by atoms with Crippen molar-refractivity contribution in [1.29, 1.82) is 0 Å². The fourth-order valence-corrected chi connectivity index (χ4v) is 3.54. The molecule has 3 heteroatoms. The molecule has 1 fully saturated rings. The monoisotopic (exact) mass is 286 g/mol. The first-order chi connectivity index (χ1) is 10.3. The van der Waals surface area contributed by atoms with Crippen molar-refractivity contribution in [3.63, 3.8) is 0 Å². The van der Waals surface area contributed by atoms with Gasteiger partial charge in [-0.3, -0.25) is 0 Å². The van der Waals surface area contributed by atoms with Gasteiger partial charge >= 0.3 is 0 Å². The molecule has 0 spiro atoms. The Labute approximate surface area is 127 Å². The van der Waals surface area contributed by atoms with Gasteiger partial charge < -0.3 is 14.6 Å². The number of likely N-dealkylation sites (tertiary alicyclic amines) is 1. The summed E-state index contributed by atoms with van der Waals surface area (Å²) in [7, 11) is 0. The van der Waals surface area contributed by atoms with Gasteiger partial charge in [-0.25, -0.2) is 0 Å². The smallest absolute Gasteiger partial charge is 0.120 e. The van der Waals surface area contributed by atoms with Crippen molar-refractivity contribution in [3.8, 4) is 5.75 Å². The average molecular weight is 286 g/mol. The van der Waals surface area contributed by atoms with Gasteiger partial charge in [0.05, 0.1) is 6.61 Å². The van der Waals surface area contributed by atoms with Crippen LogP contribution in [0.3, 0.4) is 0 Å². The normalized spacial score (nSPS) is 19.4. The van der Waals surface area contributed by atoms with E-state index in [9.17, 15) is 0 Å². The lowest BCUT2D eigenvalue weighted by Gasteiger charge is -2.23. The molecule has 3 nitrogen and oxygen atoms in total. The lowest BCUT2D eigenvalue weighted by atomic mass is 10.0. The molecule has 0 saturated carbocycles. The van der Waals surface area contributed by atoms with Gasteiger partial charge in [-0.05, 0) is 69.5 Å². The Morgan fingerprint density at radius 1 is 1.33 bits per heavy atom. The highest BCUT2D eigenvalue weighted by molar-refractivity contribution is 5.84. The highest BCUT2D eigenvalue weighted by Crippen LogP contribution is 2.28. The number of nitrogens with one attached hydrogen (secondary N) is 1. The van der Waals surface area contributed by atoms with Crippen molar-refractivity contribution in [3.05, 3.63) is 30.0 Å². The Balaban J connectivity index is 1.81. The molecule has 1 aliphatic rings. The molecule has 21 heavy (non-hydrogen) atoms. The molecule has 0 aliphatic carbocycles. The lowest BCUT2D eigenvalue weighted by Crippen LogP contribution is -2.31. The average Bonchev–Trinajstić information content (AvgIpc) is 3.08. The molecule has 1 saturated heterocycles. The number of rotatable bonds is 6. The van der Waals surface area contributed by atoms with E-state index in [0.29, 0.717) is 6.04 Å². The van der Waals surface area contributed by atoms with Gasteiger partial charge in [0.2, 0.25) is 0 Å². The number of benzene rings is 1. The maximum Gasteiger partial charge on any atom is 0.120 e. The van der Waals surface area contributed by atoms with Gasteiger partial charge in [-0.2, -0.15) is 0 Å². The number of aromatic nitrogens is 1. The Hall–Kier alpha value is -1.48. The van der Waals surface area contributed by atoms with Crippen molar-refractivity contribution in [2.45, 2.75) is 45.6 Å². The molecule has 2 heterocycles. The van der Waals surface area contributed by atoms with Crippen molar-refractivity contribution in [1.82, 2.24) is 9.88 Å². The van der Waals surface area contributed by atoms with Crippen LogP contribution in [0.5, 0.6) is 5.75 Å². The summed E-state index contributed by atoms with van der Waals surface area (Å²) in [5.41, 5.74) is 2.65. The fraction of sp³-hybridized carbons (Fsp3) is 0.556. The number of aromatic amines is 1. The van der Waals surface area contributed by atoms with Crippen LogP contribution in [-0.2, 0) is 6.42 Å². The topological polar surface area (TPSA) is 28.3 Å². The Morgan fingerprint density at radius 3 is 3.05 bits per heavy atom. The second-order valence-corrected chi connectivity index (χ2v) is 5.99. The van der Waals surface area contributed by atoms with Crippen LogP contribution in [0.2, 0.25) is 0 Å². The quantitative estimate of drug-likeness (QED) is 0.870. The summed E-state index contributed by atoms with van der Waals surface area (Å²) in [6.45, 7) is 7.53. The fourth-order valence-electron chi connectivity index (χ4n) is 3.54. The largest absolute Gasteiger partial charge is 0.494 e. The number of fused-ring (bicyclic) bond motifs is 1. The number of H-pyrrole nitrogens is 1. The highest BCUT2D eigenvalue weighted by atomic mass is 16.5. The molecule has 1 atom stereocenters. The third-order valence-electron chi connectivity index (χ3n) is 4.52. The molecule has 1 unspecified atom stereocenters. The van der Waals surface area contributed by atoms with Crippen molar-refractivity contribution >= 4 is 10.9 Å². The van der Waals surface area contributed by atoms with E-state index in [1.54, 1.807) is 0 Å².